The van der Waals surface area contributed by atoms with Crippen molar-refractivity contribution in [3.05, 3.63) is 114 Å². The fourth-order valence-electron chi connectivity index (χ4n) is 4.27. The van der Waals surface area contributed by atoms with Crippen LogP contribution in [0, 0.1) is 34.4 Å². The Balaban J connectivity index is 1.65. The Bertz CT molecular complexity index is 1550. The van der Waals surface area contributed by atoms with Gasteiger partial charge in [-0.2, -0.15) is 15.6 Å². The summed E-state index contributed by atoms with van der Waals surface area (Å²) >= 11 is 0. The first-order valence-corrected chi connectivity index (χ1v) is 11.2. The zero-order valence-corrected chi connectivity index (χ0v) is 18.7. The minimum Gasteiger partial charge on any atom is -0.253 e. The minimum atomic E-state index is -0.920. The van der Waals surface area contributed by atoms with E-state index in [1.165, 1.54) is 12.1 Å². The first kappa shape index (κ1) is 22.0. The molecule has 3 aromatic carbocycles. The fourth-order valence-corrected chi connectivity index (χ4v) is 4.27. The molecule has 0 spiro atoms. The largest absolute Gasteiger partial charge is 0.253 e. The molecule has 0 fully saturated rings. The maximum atomic E-state index is 13.7. The van der Waals surface area contributed by atoms with Crippen LogP contribution in [0.4, 0.5) is 4.39 Å². The van der Waals surface area contributed by atoms with Crippen molar-refractivity contribution in [2.24, 2.45) is 5.92 Å². The van der Waals surface area contributed by atoms with Crippen molar-refractivity contribution in [1.29, 1.82) is 10.5 Å². The number of nitrogens with zero attached hydrogens (tertiary/aromatic N) is 5. The summed E-state index contributed by atoms with van der Waals surface area (Å²) in [4.78, 5) is 4.77. The highest BCUT2D eigenvalue weighted by molar-refractivity contribution is 5.78. The molecule has 35 heavy (non-hydrogen) atoms. The van der Waals surface area contributed by atoms with Crippen LogP contribution in [0.15, 0.2) is 97.2 Å². The van der Waals surface area contributed by atoms with Gasteiger partial charge in [0.25, 0.3) is 0 Å². The van der Waals surface area contributed by atoms with Gasteiger partial charge in [0.15, 0.2) is 0 Å². The highest BCUT2D eigenvalue weighted by Crippen LogP contribution is 2.36. The quantitative estimate of drug-likeness (QED) is 0.303. The normalized spacial score (nSPS) is 11.8. The van der Waals surface area contributed by atoms with Gasteiger partial charge in [-0.1, -0.05) is 42.5 Å². The van der Waals surface area contributed by atoms with Crippen LogP contribution in [0.25, 0.3) is 27.8 Å². The van der Waals surface area contributed by atoms with E-state index in [9.17, 15) is 14.9 Å². The van der Waals surface area contributed by atoms with E-state index in [4.69, 9.17) is 10.1 Å². The smallest absolute Gasteiger partial charge is 0.140 e. The molecule has 0 aliphatic rings. The van der Waals surface area contributed by atoms with Crippen LogP contribution in [0.3, 0.4) is 0 Å². The zero-order chi connectivity index (χ0) is 24.2. The lowest BCUT2D eigenvalue weighted by Gasteiger charge is -2.18. The molecule has 168 valence electrons. The predicted octanol–water partition coefficient (Wildman–Crippen LogP) is 6.22. The van der Waals surface area contributed by atoms with Gasteiger partial charge in [-0.3, -0.25) is 4.98 Å². The number of hydrogen-bond donors (Lipinski definition) is 0. The highest BCUT2D eigenvalue weighted by atomic mass is 19.1. The van der Waals surface area contributed by atoms with Crippen molar-refractivity contribution in [2.75, 3.05) is 0 Å². The summed E-state index contributed by atoms with van der Waals surface area (Å²) in [6.07, 6.45) is 2.24. The average Bonchev–Trinajstić information content (AvgIpc) is 3.35. The summed E-state index contributed by atoms with van der Waals surface area (Å²) in [6.45, 7) is 0. The van der Waals surface area contributed by atoms with E-state index < -0.39 is 11.8 Å². The van der Waals surface area contributed by atoms with Crippen LogP contribution in [0.5, 0.6) is 0 Å². The van der Waals surface area contributed by atoms with E-state index in [1.54, 1.807) is 16.8 Å². The summed E-state index contributed by atoms with van der Waals surface area (Å²) in [5.74, 6) is -1.76. The van der Waals surface area contributed by atoms with Gasteiger partial charge in [-0.25, -0.2) is 9.07 Å². The van der Waals surface area contributed by atoms with Gasteiger partial charge in [0.05, 0.1) is 29.0 Å². The van der Waals surface area contributed by atoms with E-state index >= 15 is 0 Å². The lowest BCUT2D eigenvalue weighted by Crippen LogP contribution is -2.14. The molecular formula is C29H20FN5. The third kappa shape index (κ3) is 4.51. The molecule has 0 saturated carbocycles. The van der Waals surface area contributed by atoms with Crippen LogP contribution in [-0.4, -0.2) is 14.8 Å². The van der Waals surface area contributed by atoms with Crippen LogP contribution in [-0.2, 0) is 6.42 Å². The number of para-hydroxylation sites is 2. The van der Waals surface area contributed by atoms with E-state index in [0.717, 1.165) is 27.8 Å². The SMILES string of the molecule is N#CC(C#N)C(Cc1ccc2ccccc2n1)c1cn(-c2ccccc2)nc1-c1ccc(F)cc1. The summed E-state index contributed by atoms with van der Waals surface area (Å²) in [5, 5.41) is 25.5. The molecule has 2 heterocycles. The van der Waals surface area contributed by atoms with Crippen molar-refractivity contribution in [3.63, 3.8) is 0 Å². The number of aromatic nitrogens is 3. The molecule has 5 rings (SSSR count). The molecule has 0 bridgehead atoms. The second kappa shape index (κ2) is 9.59. The molecule has 1 atom stereocenters. The third-order valence-corrected chi connectivity index (χ3v) is 6.05. The van der Waals surface area contributed by atoms with Crippen molar-refractivity contribution in [2.45, 2.75) is 12.3 Å². The molecular weight excluding hydrogens is 437 g/mol. The number of hydrogen-bond acceptors (Lipinski definition) is 4. The lowest BCUT2D eigenvalue weighted by molar-refractivity contribution is 0.602. The van der Waals surface area contributed by atoms with E-state index in [0.29, 0.717) is 17.7 Å². The molecule has 0 aliphatic carbocycles. The van der Waals surface area contributed by atoms with Gasteiger partial charge in [0.2, 0.25) is 0 Å². The van der Waals surface area contributed by atoms with Crippen LogP contribution >= 0.6 is 0 Å². The Morgan fingerprint density at radius 1 is 0.829 bits per heavy atom. The molecule has 0 amide bonds. The molecule has 2 aromatic heterocycles. The molecule has 5 nitrogen and oxygen atoms in total. The third-order valence-electron chi connectivity index (χ3n) is 6.05. The summed E-state index contributed by atoms with van der Waals surface area (Å²) in [6, 6.07) is 31.8. The Hall–Kier alpha value is -4.81. The second-order valence-electron chi connectivity index (χ2n) is 8.26. The monoisotopic (exact) mass is 457 g/mol. The molecule has 0 radical (unpaired) electrons. The van der Waals surface area contributed by atoms with Crippen molar-refractivity contribution in [1.82, 2.24) is 14.8 Å². The van der Waals surface area contributed by atoms with Gasteiger partial charge in [0, 0.05) is 34.3 Å². The van der Waals surface area contributed by atoms with Crippen molar-refractivity contribution < 1.29 is 4.39 Å². The average molecular weight is 458 g/mol. The number of nitriles is 2. The van der Waals surface area contributed by atoms with E-state index in [2.05, 4.69) is 12.1 Å². The maximum absolute atomic E-state index is 13.7. The predicted molar refractivity (Wildman–Crippen MR) is 132 cm³/mol. The van der Waals surface area contributed by atoms with Crippen molar-refractivity contribution >= 4 is 10.9 Å². The first-order valence-electron chi connectivity index (χ1n) is 11.2. The standard InChI is InChI=1S/C29H20FN5/c30-23-13-10-21(11-14-23)29-27(19-35(34-29)25-7-2-1-3-8-25)26(22(17-31)18-32)16-24-15-12-20-6-4-5-9-28(20)33-24/h1-15,19,22,26H,16H2. The Morgan fingerprint density at radius 3 is 2.29 bits per heavy atom. The van der Waals surface area contributed by atoms with Gasteiger partial charge in [-0.15, -0.1) is 0 Å². The highest BCUT2D eigenvalue weighted by Gasteiger charge is 2.29. The lowest BCUT2D eigenvalue weighted by atomic mass is 9.83. The first-order chi connectivity index (χ1) is 17.2. The maximum Gasteiger partial charge on any atom is 0.140 e. The summed E-state index contributed by atoms with van der Waals surface area (Å²) in [5.41, 5.74) is 4.53. The summed E-state index contributed by atoms with van der Waals surface area (Å²) < 4.78 is 15.4. The molecule has 1 unspecified atom stereocenters. The fraction of sp³-hybridized carbons (Fsp3) is 0.103. The van der Waals surface area contributed by atoms with Gasteiger partial charge < -0.3 is 0 Å². The zero-order valence-electron chi connectivity index (χ0n) is 18.7. The second-order valence-corrected chi connectivity index (χ2v) is 8.26. The van der Waals surface area contributed by atoms with Gasteiger partial charge in [0.1, 0.15) is 11.7 Å². The number of fused-ring (bicyclic) bond motifs is 1. The van der Waals surface area contributed by atoms with Crippen LogP contribution < -0.4 is 0 Å². The number of halogens is 1. The minimum absolute atomic E-state index is 0.346. The number of rotatable bonds is 6. The van der Waals surface area contributed by atoms with Crippen molar-refractivity contribution in [3.8, 4) is 29.1 Å². The van der Waals surface area contributed by atoms with E-state index in [1.807, 2.05) is 72.9 Å². The molecule has 0 N–H and O–H groups in total. The number of pyridine rings is 1. The molecule has 5 aromatic rings. The molecule has 0 saturated heterocycles. The Labute approximate surface area is 202 Å². The van der Waals surface area contributed by atoms with Gasteiger partial charge >= 0.3 is 0 Å². The van der Waals surface area contributed by atoms with Crippen LogP contribution in [0.2, 0.25) is 0 Å². The molecule has 6 heteroatoms. The number of benzene rings is 3. The topological polar surface area (TPSA) is 78.3 Å². The Kier molecular flexibility index (Phi) is 6.03. The molecule has 0 aliphatic heterocycles. The Morgan fingerprint density at radius 2 is 1.54 bits per heavy atom. The van der Waals surface area contributed by atoms with Gasteiger partial charge in [-0.05, 0) is 55.0 Å². The van der Waals surface area contributed by atoms with E-state index in [-0.39, 0.29) is 5.82 Å². The summed E-state index contributed by atoms with van der Waals surface area (Å²) in [7, 11) is 0. The van der Waals surface area contributed by atoms with Crippen LogP contribution in [0.1, 0.15) is 17.2 Å².